The molecule has 0 saturated heterocycles. The summed E-state index contributed by atoms with van der Waals surface area (Å²) in [5.74, 6) is 0.125. The molecule has 1 unspecified atom stereocenters. The summed E-state index contributed by atoms with van der Waals surface area (Å²) in [4.78, 5) is 16.9. The maximum atomic E-state index is 13.4. The fraction of sp³-hybridized carbons (Fsp3) is 0.444. The first-order valence-corrected chi connectivity index (χ1v) is 8.59. The zero-order valence-corrected chi connectivity index (χ0v) is 15.6. The molecular formula is C18H23F3N4O3. The third-order valence-corrected chi connectivity index (χ3v) is 4.21. The number of rotatable bonds is 8. The quantitative estimate of drug-likeness (QED) is 0.713. The molecule has 1 atom stereocenters. The number of urea groups is 1. The third-order valence-electron chi connectivity index (χ3n) is 4.21. The molecule has 7 nitrogen and oxygen atoms in total. The van der Waals surface area contributed by atoms with Crippen LogP contribution in [0.3, 0.4) is 0 Å². The van der Waals surface area contributed by atoms with Gasteiger partial charge in [-0.1, -0.05) is 18.2 Å². The first-order chi connectivity index (χ1) is 13.1. The van der Waals surface area contributed by atoms with Crippen molar-refractivity contribution >= 4 is 6.03 Å². The Kier molecular flexibility index (Phi) is 6.90. The van der Waals surface area contributed by atoms with Gasteiger partial charge in [-0.3, -0.25) is 0 Å². The van der Waals surface area contributed by atoms with E-state index in [1.807, 2.05) is 18.2 Å². The zero-order valence-electron chi connectivity index (χ0n) is 15.6. The van der Waals surface area contributed by atoms with Gasteiger partial charge in [0.25, 0.3) is 0 Å². The maximum absolute atomic E-state index is 13.4. The fourth-order valence-corrected chi connectivity index (χ4v) is 2.55. The van der Waals surface area contributed by atoms with E-state index in [9.17, 15) is 23.1 Å². The average molecular weight is 400 g/mol. The standard InChI is InChI=1S/C18H23F3N4O3/c1-24-11-10-22-15(24)17(27,18(19,20)21)8-9-23-16(26)25(2)12-13-28-14-6-4-3-5-7-14/h3-7,10-11,27H,8-9,12-13H2,1-2H3,(H,23,26). The van der Waals surface area contributed by atoms with Crippen molar-refractivity contribution in [3.8, 4) is 5.75 Å². The van der Waals surface area contributed by atoms with Crippen molar-refractivity contribution < 1.29 is 27.8 Å². The van der Waals surface area contributed by atoms with Gasteiger partial charge in [0.05, 0.1) is 6.54 Å². The van der Waals surface area contributed by atoms with Gasteiger partial charge in [0, 0.05) is 39.5 Å². The second-order valence-corrected chi connectivity index (χ2v) is 6.28. The lowest BCUT2D eigenvalue weighted by Crippen LogP contribution is -2.48. The van der Waals surface area contributed by atoms with Crippen LogP contribution in [0.2, 0.25) is 0 Å². The summed E-state index contributed by atoms with van der Waals surface area (Å²) in [5, 5.41) is 12.6. The number of hydrogen-bond acceptors (Lipinski definition) is 4. The minimum Gasteiger partial charge on any atom is -0.492 e. The maximum Gasteiger partial charge on any atom is 0.424 e. The van der Waals surface area contributed by atoms with Crippen molar-refractivity contribution in [1.29, 1.82) is 0 Å². The number of halogens is 3. The zero-order chi connectivity index (χ0) is 20.8. The number of carbonyl (C=O) groups excluding carboxylic acids is 1. The second kappa shape index (κ2) is 8.96. The predicted molar refractivity (Wildman–Crippen MR) is 95.7 cm³/mol. The first-order valence-electron chi connectivity index (χ1n) is 8.59. The van der Waals surface area contributed by atoms with Crippen molar-refractivity contribution in [2.75, 3.05) is 26.7 Å². The van der Waals surface area contributed by atoms with E-state index in [4.69, 9.17) is 4.74 Å². The molecule has 0 saturated carbocycles. The van der Waals surface area contributed by atoms with Gasteiger partial charge in [-0.05, 0) is 12.1 Å². The van der Waals surface area contributed by atoms with Gasteiger partial charge >= 0.3 is 12.2 Å². The van der Waals surface area contributed by atoms with Crippen LogP contribution in [0.4, 0.5) is 18.0 Å². The number of para-hydroxylation sites is 1. The lowest BCUT2D eigenvalue weighted by Gasteiger charge is -2.30. The van der Waals surface area contributed by atoms with E-state index >= 15 is 0 Å². The van der Waals surface area contributed by atoms with Crippen LogP contribution in [0, 0.1) is 0 Å². The van der Waals surface area contributed by atoms with Crippen LogP contribution < -0.4 is 10.1 Å². The minimum absolute atomic E-state index is 0.230. The number of carbonyl (C=O) groups is 1. The summed E-state index contributed by atoms with van der Waals surface area (Å²) in [6, 6.07) is 8.45. The number of aromatic nitrogens is 2. The Morgan fingerprint density at radius 1 is 1.32 bits per heavy atom. The number of benzene rings is 1. The minimum atomic E-state index is -4.94. The van der Waals surface area contributed by atoms with Gasteiger partial charge in [-0.2, -0.15) is 13.2 Å². The van der Waals surface area contributed by atoms with Crippen LogP contribution in [-0.2, 0) is 12.6 Å². The summed E-state index contributed by atoms with van der Waals surface area (Å²) in [6.07, 6.45) is -3.22. The predicted octanol–water partition coefficient (Wildman–Crippen LogP) is 2.28. The molecule has 0 radical (unpaired) electrons. The highest BCUT2D eigenvalue weighted by Crippen LogP contribution is 2.40. The highest BCUT2D eigenvalue weighted by atomic mass is 19.4. The van der Waals surface area contributed by atoms with Gasteiger partial charge < -0.3 is 24.6 Å². The van der Waals surface area contributed by atoms with Crippen LogP contribution in [0.5, 0.6) is 5.75 Å². The molecule has 0 bridgehead atoms. The Morgan fingerprint density at radius 2 is 2.00 bits per heavy atom. The van der Waals surface area contributed by atoms with E-state index in [0.29, 0.717) is 5.75 Å². The van der Waals surface area contributed by atoms with Crippen molar-refractivity contribution in [1.82, 2.24) is 19.8 Å². The lowest BCUT2D eigenvalue weighted by molar-refractivity contribution is -0.272. The highest BCUT2D eigenvalue weighted by molar-refractivity contribution is 5.73. The number of likely N-dealkylation sites (N-methyl/N-ethyl adjacent to an activating group) is 1. The number of ether oxygens (including phenoxy) is 1. The summed E-state index contributed by atoms with van der Waals surface area (Å²) in [6.45, 7) is 0.0862. The SMILES string of the molecule is CN(CCOc1ccccc1)C(=O)NCCC(O)(c1nccn1C)C(F)(F)F. The molecule has 0 fully saturated rings. The number of nitrogens with one attached hydrogen (secondary N) is 1. The molecule has 154 valence electrons. The Hall–Kier alpha value is -2.75. The smallest absolute Gasteiger partial charge is 0.424 e. The molecule has 0 aliphatic carbocycles. The molecule has 28 heavy (non-hydrogen) atoms. The largest absolute Gasteiger partial charge is 0.492 e. The Morgan fingerprint density at radius 3 is 2.57 bits per heavy atom. The van der Waals surface area contributed by atoms with E-state index in [2.05, 4.69) is 10.3 Å². The molecule has 0 aliphatic rings. The van der Waals surface area contributed by atoms with E-state index < -0.39 is 30.1 Å². The summed E-state index contributed by atoms with van der Waals surface area (Å²) < 4.78 is 46.8. The number of aliphatic hydroxyl groups is 1. The number of hydrogen-bond donors (Lipinski definition) is 2. The Labute approximate surface area is 160 Å². The van der Waals surface area contributed by atoms with Gasteiger partial charge in [0.15, 0.2) is 0 Å². The van der Waals surface area contributed by atoms with Crippen molar-refractivity contribution in [2.45, 2.75) is 18.2 Å². The van der Waals surface area contributed by atoms with Crippen LogP contribution in [-0.4, -0.2) is 58.5 Å². The molecule has 2 aromatic rings. The van der Waals surface area contributed by atoms with Crippen molar-refractivity contribution in [3.63, 3.8) is 0 Å². The Bertz CT molecular complexity index is 767. The number of imidazole rings is 1. The van der Waals surface area contributed by atoms with Crippen LogP contribution in [0.1, 0.15) is 12.2 Å². The first kappa shape index (κ1) is 21.5. The van der Waals surface area contributed by atoms with Crippen molar-refractivity contribution in [2.24, 2.45) is 7.05 Å². The summed E-state index contributed by atoms with van der Waals surface area (Å²) in [5.41, 5.74) is -3.16. The molecular weight excluding hydrogens is 377 g/mol. The third kappa shape index (κ3) is 5.16. The number of alkyl halides is 3. The highest BCUT2D eigenvalue weighted by Gasteiger charge is 2.57. The molecule has 2 amide bonds. The molecule has 1 aromatic heterocycles. The summed E-state index contributed by atoms with van der Waals surface area (Å²) in [7, 11) is 2.86. The van der Waals surface area contributed by atoms with Gasteiger partial charge in [-0.15, -0.1) is 0 Å². The summed E-state index contributed by atoms with van der Waals surface area (Å²) >= 11 is 0. The molecule has 1 heterocycles. The normalized spacial score (nSPS) is 13.6. The number of nitrogens with zero attached hydrogens (tertiary/aromatic N) is 3. The van der Waals surface area contributed by atoms with E-state index in [-0.39, 0.29) is 19.7 Å². The van der Waals surface area contributed by atoms with Crippen LogP contribution in [0.15, 0.2) is 42.7 Å². The van der Waals surface area contributed by atoms with E-state index in [1.165, 1.54) is 31.4 Å². The Balaban J connectivity index is 1.84. The average Bonchev–Trinajstić information content (AvgIpc) is 3.07. The van der Waals surface area contributed by atoms with Crippen LogP contribution in [0.25, 0.3) is 0 Å². The van der Waals surface area contributed by atoms with Crippen molar-refractivity contribution in [3.05, 3.63) is 48.5 Å². The van der Waals surface area contributed by atoms with Crippen LogP contribution >= 0.6 is 0 Å². The molecule has 0 aliphatic heterocycles. The molecule has 2 N–H and O–H groups in total. The van der Waals surface area contributed by atoms with Gasteiger partial charge in [-0.25, -0.2) is 9.78 Å². The molecule has 1 aromatic carbocycles. The van der Waals surface area contributed by atoms with Gasteiger partial charge in [0.2, 0.25) is 5.60 Å². The number of amides is 2. The number of aryl methyl sites for hydroxylation is 1. The van der Waals surface area contributed by atoms with Gasteiger partial charge in [0.1, 0.15) is 18.2 Å². The molecule has 10 heteroatoms. The molecule has 0 spiro atoms. The topological polar surface area (TPSA) is 79.6 Å². The lowest BCUT2D eigenvalue weighted by atomic mass is 9.97. The molecule has 2 rings (SSSR count). The monoisotopic (exact) mass is 400 g/mol. The fourth-order valence-electron chi connectivity index (χ4n) is 2.55. The van der Waals surface area contributed by atoms with E-state index in [0.717, 1.165) is 4.57 Å². The van der Waals surface area contributed by atoms with E-state index in [1.54, 1.807) is 12.1 Å². The second-order valence-electron chi connectivity index (χ2n) is 6.28.